The van der Waals surface area contributed by atoms with Crippen molar-refractivity contribution < 1.29 is 18.3 Å². The van der Waals surface area contributed by atoms with Crippen LogP contribution in [0.4, 0.5) is 8.78 Å². The van der Waals surface area contributed by atoms with E-state index >= 15 is 0 Å². The van der Waals surface area contributed by atoms with Crippen LogP contribution in [0.15, 0.2) is 47.5 Å². The first kappa shape index (κ1) is 25.3. The maximum Gasteiger partial charge on any atom is 0.191 e. The smallest absolute Gasteiger partial charge is 0.191 e. The van der Waals surface area contributed by atoms with E-state index < -0.39 is 11.6 Å². The van der Waals surface area contributed by atoms with Gasteiger partial charge in [0.05, 0.1) is 6.61 Å². The molecule has 1 aliphatic heterocycles. The largest absolute Gasteiger partial charge is 0.494 e. The molecule has 1 saturated heterocycles. The minimum Gasteiger partial charge on any atom is -0.494 e. The van der Waals surface area contributed by atoms with Crippen LogP contribution in [0.3, 0.4) is 0 Å². The Balaban J connectivity index is 0.00000341. The molecule has 0 radical (unpaired) electrons. The van der Waals surface area contributed by atoms with Crippen molar-refractivity contribution in [1.29, 1.82) is 0 Å². The van der Waals surface area contributed by atoms with E-state index in [1.54, 1.807) is 7.05 Å². The van der Waals surface area contributed by atoms with Gasteiger partial charge in [-0.25, -0.2) is 8.78 Å². The summed E-state index contributed by atoms with van der Waals surface area (Å²) in [5, 5.41) is 6.43. The first-order valence-corrected chi connectivity index (χ1v) is 10.3. The van der Waals surface area contributed by atoms with Gasteiger partial charge in [0.1, 0.15) is 17.4 Å². The second-order valence-electron chi connectivity index (χ2n) is 7.37. The quantitative estimate of drug-likeness (QED) is 0.308. The number of benzene rings is 2. The van der Waals surface area contributed by atoms with Crippen LogP contribution in [0.5, 0.6) is 5.75 Å². The Morgan fingerprint density at radius 3 is 2.45 bits per heavy atom. The van der Waals surface area contributed by atoms with Crippen LogP contribution in [0.2, 0.25) is 0 Å². The summed E-state index contributed by atoms with van der Waals surface area (Å²) in [5.74, 6) is 0.476. The number of ether oxygens (including phenoxy) is 2. The zero-order valence-electron chi connectivity index (χ0n) is 17.9. The molecule has 0 aliphatic carbocycles. The number of rotatable bonds is 7. The second-order valence-corrected chi connectivity index (χ2v) is 7.37. The maximum absolute atomic E-state index is 13.9. The third kappa shape index (κ3) is 6.77. The number of hydrogen-bond acceptors (Lipinski definition) is 3. The Morgan fingerprint density at radius 2 is 1.81 bits per heavy atom. The van der Waals surface area contributed by atoms with E-state index in [4.69, 9.17) is 9.47 Å². The van der Waals surface area contributed by atoms with Crippen LogP contribution in [-0.4, -0.2) is 39.4 Å². The van der Waals surface area contributed by atoms with Crippen molar-refractivity contribution in [3.05, 3.63) is 65.2 Å². The fourth-order valence-electron chi connectivity index (χ4n) is 3.73. The molecule has 2 N–H and O–H groups in total. The molecule has 1 aliphatic rings. The summed E-state index contributed by atoms with van der Waals surface area (Å²) in [5.41, 5.74) is 1.36. The molecule has 0 spiro atoms. The molecule has 0 saturated carbocycles. The van der Waals surface area contributed by atoms with Gasteiger partial charge in [0, 0.05) is 44.3 Å². The molecule has 8 heteroatoms. The molecule has 31 heavy (non-hydrogen) atoms. The van der Waals surface area contributed by atoms with Gasteiger partial charge < -0.3 is 20.1 Å². The highest BCUT2D eigenvalue weighted by atomic mass is 127. The molecule has 1 fully saturated rings. The highest BCUT2D eigenvalue weighted by molar-refractivity contribution is 14.0. The molecule has 5 nitrogen and oxygen atoms in total. The Morgan fingerprint density at radius 1 is 1.10 bits per heavy atom. The van der Waals surface area contributed by atoms with Gasteiger partial charge >= 0.3 is 0 Å². The van der Waals surface area contributed by atoms with Gasteiger partial charge in [-0.15, -0.1) is 24.0 Å². The zero-order chi connectivity index (χ0) is 21.4. The Hall–Kier alpha value is -1.94. The Labute approximate surface area is 199 Å². The van der Waals surface area contributed by atoms with E-state index in [2.05, 4.69) is 27.8 Å². The maximum atomic E-state index is 13.9. The number of guanidine groups is 1. The van der Waals surface area contributed by atoms with Gasteiger partial charge in [-0.1, -0.05) is 12.1 Å². The van der Waals surface area contributed by atoms with Gasteiger partial charge in [0.15, 0.2) is 5.96 Å². The lowest BCUT2D eigenvalue weighted by atomic mass is 9.74. The lowest BCUT2D eigenvalue weighted by molar-refractivity contribution is 0.0513. The minimum atomic E-state index is -0.465. The second kappa shape index (κ2) is 12.2. The van der Waals surface area contributed by atoms with Crippen molar-refractivity contribution in [3.63, 3.8) is 0 Å². The van der Waals surface area contributed by atoms with Gasteiger partial charge in [0.2, 0.25) is 0 Å². The molecule has 3 rings (SSSR count). The van der Waals surface area contributed by atoms with Crippen LogP contribution in [0.25, 0.3) is 0 Å². The van der Waals surface area contributed by atoms with E-state index in [-0.39, 0.29) is 41.5 Å². The molecule has 0 aromatic heterocycles. The normalized spacial score (nSPS) is 15.7. The molecule has 2 aromatic carbocycles. The summed E-state index contributed by atoms with van der Waals surface area (Å²) in [6.07, 6.45) is 1.76. The third-order valence-corrected chi connectivity index (χ3v) is 5.50. The van der Waals surface area contributed by atoms with Crippen molar-refractivity contribution in [3.8, 4) is 5.75 Å². The van der Waals surface area contributed by atoms with E-state index in [1.165, 1.54) is 11.6 Å². The standard InChI is InChI=1S/C23H29F2N3O2.HI/c1-3-30-20-7-4-18(5-8-20)23(10-12-29-13-11-23)16-28-22(26-2)27-15-17-14-19(24)6-9-21(17)25;/h4-9,14H,3,10-13,15-16H2,1-2H3,(H2,26,27,28);1H. The lowest BCUT2D eigenvalue weighted by Gasteiger charge is -2.38. The number of nitrogens with one attached hydrogen (secondary N) is 2. The van der Waals surface area contributed by atoms with Crippen LogP contribution >= 0.6 is 24.0 Å². The number of aliphatic imine (C=N–C) groups is 1. The molecular weight excluding hydrogens is 515 g/mol. The molecule has 2 aromatic rings. The summed E-state index contributed by atoms with van der Waals surface area (Å²) in [6, 6.07) is 11.6. The average Bonchev–Trinajstić information content (AvgIpc) is 2.77. The summed E-state index contributed by atoms with van der Waals surface area (Å²) in [6.45, 7) is 4.77. The molecule has 0 bridgehead atoms. The van der Waals surface area contributed by atoms with Gasteiger partial charge in [-0.2, -0.15) is 0 Å². The van der Waals surface area contributed by atoms with Crippen molar-refractivity contribution in [2.45, 2.75) is 31.7 Å². The zero-order valence-corrected chi connectivity index (χ0v) is 20.2. The third-order valence-electron chi connectivity index (χ3n) is 5.50. The van der Waals surface area contributed by atoms with Crippen LogP contribution < -0.4 is 15.4 Å². The lowest BCUT2D eigenvalue weighted by Crippen LogP contribution is -2.48. The van der Waals surface area contributed by atoms with Gasteiger partial charge in [-0.3, -0.25) is 4.99 Å². The molecule has 170 valence electrons. The van der Waals surface area contributed by atoms with E-state index in [1.807, 2.05) is 19.1 Å². The number of hydrogen-bond donors (Lipinski definition) is 2. The predicted molar refractivity (Wildman–Crippen MR) is 129 cm³/mol. The van der Waals surface area contributed by atoms with Crippen LogP contribution in [0, 0.1) is 11.6 Å². The fourth-order valence-corrected chi connectivity index (χ4v) is 3.73. The predicted octanol–water partition coefficient (Wildman–Crippen LogP) is 4.39. The minimum absolute atomic E-state index is 0. The molecular formula is C23H30F2IN3O2. The molecule has 0 atom stereocenters. The first-order valence-electron chi connectivity index (χ1n) is 10.3. The van der Waals surface area contributed by atoms with Crippen molar-refractivity contribution >= 4 is 29.9 Å². The summed E-state index contributed by atoms with van der Waals surface area (Å²) in [4.78, 5) is 4.23. The highest BCUT2D eigenvalue weighted by Crippen LogP contribution is 2.35. The van der Waals surface area contributed by atoms with Crippen molar-refractivity contribution in [2.24, 2.45) is 4.99 Å². The number of halogens is 3. The van der Waals surface area contributed by atoms with E-state index in [0.29, 0.717) is 32.3 Å². The number of nitrogens with zero attached hydrogens (tertiary/aromatic N) is 1. The van der Waals surface area contributed by atoms with Crippen LogP contribution in [0.1, 0.15) is 30.9 Å². The van der Waals surface area contributed by atoms with Gasteiger partial charge in [-0.05, 0) is 55.7 Å². The summed E-state index contributed by atoms with van der Waals surface area (Å²) < 4.78 is 38.4. The molecule has 0 amide bonds. The fraction of sp³-hybridized carbons (Fsp3) is 0.435. The summed E-state index contributed by atoms with van der Waals surface area (Å²) >= 11 is 0. The SMILES string of the molecule is CCOc1ccc(C2(CNC(=NC)NCc3cc(F)ccc3F)CCOCC2)cc1.I. The first-order chi connectivity index (χ1) is 14.6. The highest BCUT2D eigenvalue weighted by Gasteiger charge is 2.34. The molecule has 0 unspecified atom stereocenters. The monoisotopic (exact) mass is 545 g/mol. The van der Waals surface area contributed by atoms with Gasteiger partial charge in [0.25, 0.3) is 0 Å². The average molecular weight is 545 g/mol. The topological polar surface area (TPSA) is 54.9 Å². The van der Waals surface area contributed by atoms with Crippen molar-refractivity contribution in [2.75, 3.05) is 33.4 Å². The Kier molecular flexibility index (Phi) is 9.95. The summed E-state index contributed by atoms with van der Waals surface area (Å²) in [7, 11) is 1.66. The Bertz CT molecular complexity index is 856. The van der Waals surface area contributed by atoms with Crippen LogP contribution in [-0.2, 0) is 16.7 Å². The van der Waals surface area contributed by atoms with Crippen molar-refractivity contribution in [1.82, 2.24) is 10.6 Å². The van der Waals surface area contributed by atoms with E-state index in [9.17, 15) is 8.78 Å². The molecule has 1 heterocycles. The van der Waals surface area contributed by atoms with E-state index in [0.717, 1.165) is 30.7 Å².